The van der Waals surface area contributed by atoms with Crippen LogP contribution in [0.25, 0.3) is 0 Å². The molecule has 4 nitrogen and oxygen atoms in total. The van der Waals surface area contributed by atoms with Crippen LogP contribution < -0.4 is 10.6 Å². The van der Waals surface area contributed by atoms with E-state index in [1.807, 2.05) is 24.3 Å². The fraction of sp³-hybridized carbons (Fsp3) is 0.533. The topological polar surface area (TPSA) is 61.4 Å². The van der Waals surface area contributed by atoms with Crippen molar-refractivity contribution in [3.05, 3.63) is 35.4 Å². The monoisotopic (exact) mass is 262 g/mol. The van der Waals surface area contributed by atoms with Crippen molar-refractivity contribution in [1.82, 2.24) is 10.6 Å². The van der Waals surface area contributed by atoms with Crippen LogP contribution in [0.5, 0.6) is 0 Å². The van der Waals surface area contributed by atoms with E-state index in [4.69, 9.17) is 0 Å². The summed E-state index contributed by atoms with van der Waals surface area (Å²) in [6.07, 6.45) is 4.02. The number of nitrogens with one attached hydrogen (secondary N) is 2. The fourth-order valence-electron chi connectivity index (χ4n) is 2.52. The molecule has 2 atom stereocenters. The highest BCUT2D eigenvalue weighted by molar-refractivity contribution is 5.93. The summed E-state index contributed by atoms with van der Waals surface area (Å²) in [5.41, 5.74) is 1.80. The van der Waals surface area contributed by atoms with Crippen molar-refractivity contribution >= 4 is 5.91 Å². The molecule has 1 saturated carbocycles. The van der Waals surface area contributed by atoms with Gasteiger partial charge in [0.15, 0.2) is 0 Å². The van der Waals surface area contributed by atoms with Crippen molar-refractivity contribution in [1.29, 1.82) is 0 Å². The predicted octanol–water partition coefficient (Wildman–Crippen LogP) is 1.44. The van der Waals surface area contributed by atoms with Gasteiger partial charge in [0, 0.05) is 25.2 Å². The lowest BCUT2D eigenvalue weighted by Crippen LogP contribution is -2.41. The third-order valence-electron chi connectivity index (χ3n) is 3.74. The second-order valence-electron chi connectivity index (χ2n) is 5.12. The molecular weight excluding hydrogens is 240 g/mol. The van der Waals surface area contributed by atoms with Crippen molar-refractivity contribution in [2.24, 2.45) is 0 Å². The molecule has 1 amide bonds. The Bertz CT molecular complexity index is 417. The highest BCUT2D eigenvalue weighted by Gasteiger charge is 2.21. The first-order chi connectivity index (χ1) is 9.20. The Morgan fingerprint density at radius 1 is 1.26 bits per heavy atom. The van der Waals surface area contributed by atoms with Gasteiger partial charge in [-0.3, -0.25) is 4.79 Å². The molecule has 0 radical (unpaired) electrons. The van der Waals surface area contributed by atoms with E-state index in [-0.39, 0.29) is 18.1 Å². The van der Waals surface area contributed by atoms with Crippen molar-refractivity contribution < 1.29 is 9.90 Å². The molecule has 0 heterocycles. The van der Waals surface area contributed by atoms with Gasteiger partial charge in [-0.25, -0.2) is 0 Å². The fourth-order valence-corrected chi connectivity index (χ4v) is 2.52. The van der Waals surface area contributed by atoms with Gasteiger partial charge >= 0.3 is 0 Å². The zero-order valence-electron chi connectivity index (χ0n) is 11.4. The highest BCUT2D eigenvalue weighted by atomic mass is 16.3. The van der Waals surface area contributed by atoms with E-state index in [2.05, 4.69) is 10.6 Å². The first-order valence-electron chi connectivity index (χ1n) is 6.93. The Balaban J connectivity index is 1.87. The van der Waals surface area contributed by atoms with Gasteiger partial charge in [-0.15, -0.1) is 0 Å². The maximum Gasteiger partial charge on any atom is 0.251 e. The summed E-state index contributed by atoms with van der Waals surface area (Å²) in [5, 5.41) is 15.9. The van der Waals surface area contributed by atoms with Crippen molar-refractivity contribution in [2.75, 3.05) is 7.05 Å². The van der Waals surface area contributed by atoms with E-state index in [1.165, 1.54) is 6.42 Å². The van der Waals surface area contributed by atoms with Gasteiger partial charge < -0.3 is 15.7 Å². The SMILES string of the molecule is CNC(=O)c1ccc(CN[C@@H]2CCCC[C@H]2O)cc1. The number of aliphatic hydroxyl groups excluding tert-OH is 1. The molecule has 1 aliphatic rings. The molecule has 1 aromatic rings. The van der Waals surface area contributed by atoms with Gasteiger partial charge in [0.05, 0.1) is 6.10 Å². The summed E-state index contributed by atoms with van der Waals surface area (Å²) in [4.78, 5) is 11.4. The molecule has 1 aliphatic carbocycles. The molecule has 0 aliphatic heterocycles. The van der Waals surface area contributed by atoms with Gasteiger partial charge in [0.1, 0.15) is 0 Å². The summed E-state index contributed by atoms with van der Waals surface area (Å²) in [5.74, 6) is -0.0674. The van der Waals surface area contributed by atoms with Crippen LogP contribution in [0.1, 0.15) is 41.6 Å². The van der Waals surface area contributed by atoms with Crippen LogP contribution in [-0.4, -0.2) is 30.2 Å². The van der Waals surface area contributed by atoms with Crippen LogP contribution in [0.4, 0.5) is 0 Å². The maximum absolute atomic E-state index is 11.4. The first kappa shape index (κ1) is 14.0. The summed E-state index contributed by atoms with van der Waals surface area (Å²) >= 11 is 0. The molecule has 0 saturated heterocycles. The number of amides is 1. The Labute approximate surface area is 114 Å². The summed E-state index contributed by atoms with van der Waals surface area (Å²) < 4.78 is 0. The largest absolute Gasteiger partial charge is 0.392 e. The average Bonchev–Trinajstić information content (AvgIpc) is 2.46. The van der Waals surface area contributed by atoms with Crippen LogP contribution in [0, 0.1) is 0 Å². The second-order valence-corrected chi connectivity index (χ2v) is 5.12. The van der Waals surface area contributed by atoms with Gasteiger partial charge in [-0.05, 0) is 30.5 Å². The smallest absolute Gasteiger partial charge is 0.251 e. The van der Waals surface area contributed by atoms with Crippen molar-refractivity contribution in [3.8, 4) is 0 Å². The van der Waals surface area contributed by atoms with Crippen molar-refractivity contribution in [2.45, 2.75) is 44.4 Å². The van der Waals surface area contributed by atoms with Crippen molar-refractivity contribution in [3.63, 3.8) is 0 Å². The zero-order chi connectivity index (χ0) is 13.7. The average molecular weight is 262 g/mol. The lowest BCUT2D eigenvalue weighted by molar-refractivity contribution is 0.0902. The molecule has 0 bridgehead atoms. The summed E-state index contributed by atoms with van der Waals surface area (Å²) in [7, 11) is 1.63. The van der Waals surface area contributed by atoms with E-state index in [0.717, 1.165) is 31.4 Å². The molecule has 1 fully saturated rings. The number of carbonyl (C=O) groups excluding carboxylic acids is 1. The number of hydrogen-bond donors (Lipinski definition) is 3. The van der Waals surface area contributed by atoms with Crippen LogP contribution in [-0.2, 0) is 6.54 Å². The minimum atomic E-state index is -0.223. The van der Waals surface area contributed by atoms with Crippen LogP contribution in [0.2, 0.25) is 0 Å². The highest BCUT2D eigenvalue weighted by Crippen LogP contribution is 2.18. The van der Waals surface area contributed by atoms with Crippen LogP contribution >= 0.6 is 0 Å². The second kappa shape index (κ2) is 6.68. The molecule has 1 aromatic carbocycles. The molecule has 0 aromatic heterocycles. The van der Waals surface area contributed by atoms with Gasteiger partial charge in [0.25, 0.3) is 5.91 Å². The number of carbonyl (C=O) groups is 1. The molecule has 19 heavy (non-hydrogen) atoms. The maximum atomic E-state index is 11.4. The number of rotatable bonds is 4. The lowest BCUT2D eigenvalue weighted by Gasteiger charge is -2.28. The predicted molar refractivity (Wildman–Crippen MR) is 74.9 cm³/mol. The van der Waals surface area contributed by atoms with Crippen LogP contribution in [0.3, 0.4) is 0 Å². The molecule has 4 heteroatoms. The molecule has 0 unspecified atom stereocenters. The van der Waals surface area contributed by atoms with E-state index in [1.54, 1.807) is 7.05 Å². The Morgan fingerprint density at radius 2 is 1.95 bits per heavy atom. The molecule has 2 rings (SSSR count). The summed E-state index contributed by atoms with van der Waals surface area (Å²) in [6.45, 7) is 0.732. The minimum Gasteiger partial charge on any atom is -0.392 e. The Kier molecular flexibility index (Phi) is 4.93. The van der Waals surface area contributed by atoms with Gasteiger partial charge in [-0.1, -0.05) is 25.0 Å². The minimum absolute atomic E-state index is 0.0674. The molecular formula is C15H22N2O2. The van der Waals surface area contributed by atoms with Crippen LogP contribution in [0.15, 0.2) is 24.3 Å². The standard InChI is InChI=1S/C15H22N2O2/c1-16-15(19)12-8-6-11(7-9-12)10-17-13-4-2-3-5-14(13)18/h6-9,13-14,17-18H,2-5,10H2,1H3,(H,16,19)/t13-,14-/m1/s1. The van der Waals surface area contributed by atoms with E-state index >= 15 is 0 Å². The number of benzene rings is 1. The molecule has 3 N–H and O–H groups in total. The summed E-state index contributed by atoms with van der Waals surface area (Å²) in [6, 6.07) is 7.76. The molecule has 0 spiro atoms. The third-order valence-corrected chi connectivity index (χ3v) is 3.74. The first-order valence-corrected chi connectivity index (χ1v) is 6.93. The molecule has 104 valence electrons. The normalized spacial score (nSPS) is 23.1. The Hall–Kier alpha value is -1.39. The third kappa shape index (κ3) is 3.78. The number of hydrogen-bond acceptors (Lipinski definition) is 3. The number of aliphatic hydroxyl groups is 1. The van der Waals surface area contributed by atoms with E-state index < -0.39 is 0 Å². The zero-order valence-corrected chi connectivity index (χ0v) is 11.4. The van der Waals surface area contributed by atoms with E-state index in [0.29, 0.717) is 5.56 Å². The van der Waals surface area contributed by atoms with Gasteiger partial charge in [-0.2, -0.15) is 0 Å². The van der Waals surface area contributed by atoms with E-state index in [9.17, 15) is 9.90 Å². The van der Waals surface area contributed by atoms with Gasteiger partial charge in [0.2, 0.25) is 0 Å². The lowest BCUT2D eigenvalue weighted by atomic mass is 9.92. The quantitative estimate of drug-likeness (QED) is 0.769. The Morgan fingerprint density at radius 3 is 2.58 bits per heavy atom.